The van der Waals surface area contributed by atoms with Crippen LogP contribution in [0.3, 0.4) is 0 Å². The number of carbonyl (C=O) groups excluding carboxylic acids is 2. The Morgan fingerprint density at radius 1 is 1.23 bits per heavy atom. The first kappa shape index (κ1) is 21.9. The zero-order valence-electron chi connectivity index (χ0n) is 18.7. The summed E-state index contributed by atoms with van der Waals surface area (Å²) in [4.78, 5) is 31.3. The van der Waals surface area contributed by atoms with Gasteiger partial charge in [-0.15, -0.1) is 0 Å². The second-order valence-electron chi connectivity index (χ2n) is 9.03. The highest BCUT2D eigenvalue weighted by Crippen LogP contribution is 2.26. The molecule has 0 aliphatic carbocycles. The number of nitrogens with one attached hydrogen (secondary N) is 1. The molecule has 164 valence electrons. The van der Waals surface area contributed by atoms with E-state index in [9.17, 15) is 9.59 Å². The average Bonchev–Trinajstić information content (AvgIpc) is 3.28. The first-order chi connectivity index (χ1) is 14.0. The Hall–Kier alpha value is -2.84. The van der Waals surface area contributed by atoms with Crippen molar-refractivity contribution in [2.45, 2.75) is 65.0 Å². The first-order valence-electron chi connectivity index (χ1n) is 10.4. The van der Waals surface area contributed by atoms with Crippen molar-refractivity contribution in [3.8, 4) is 0 Å². The number of carbonyl (C=O) groups is 2. The van der Waals surface area contributed by atoms with Crippen molar-refractivity contribution in [1.82, 2.24) is 24.2 Å². The Bertz CT molecular complexity index is 900. The molecule has 0 bridgehead atoms. The molecule has 1 aliphatic heterocycles. The van der Waals surface area contributed by atoms with Gasteiger partial charge in [-0.05, 0) is 45.7 Å². The van der Waals surface area contributed by atoms with Gasteiger partial charge in [-0.3, -0.25) is 10.1 Å². The lowest BCUT2D eigenvalue weighted by molar-refractivity contribution is 0.0187. The van der Waals surface area contributed by atoms with Gasteiger partial charge in [0, 0.05) is 38.3 Å². The number of anilines is 1. The minimum Gasteiger partial charge on any atom is -0.444 e. The van der Waals surface area contributed by atoms with Crippen LogP contribution >= 0.6 is 0 Å². The van der Waals surface area contributed by atoms with Crippen LogP contribution in [0.5, 0.6) is 0 Å². The second-order valence-corrected chi connectivity index (χ2v) is 9.03. The lowest BCUT2D eigenvalue weighted by Gasteiger charge is -2.34. The summed E-state index contributed by atoms with van der Waals surface area (Å²) in [6, 6.07) is 3.81. The van der Waals surface area contributed by atoms with E-state index >= 15 is 0 Å². The zero-order valence-corrected chi connectivity index (χ0v) is 18.7. The smallest absolute Gasteiger partial charge is 0.410 e. The topological polar surface area (TPSA) is 94.3 Å². The van der Waals surface area contributed by atoms with E-state index in [0.717, 1.165) is 12.8 Å². The van der Waals surface area contributed by atoms with E-state index in [1.54, 1.807) is 22.7 Å². The number of aromatic nitrogens is 4. The molecule has 9 heteroatoms. The Labute approximate surface area is 177 Å². The summed E-state index contributed by atoms with van der Waals surface area (Å²) in [5.41, 5.74) is 0.0642. The molecule has 1 fully saturated rings. The van der Waals surface area contributed by atoms with Crippen LogP contribution in [0, 0.1) is 0 Å². The molecular formula is C21H32N6O3. The fraction of sp³-hybridized carbons (Fsp3) is 0.619. The van der Waals surface area contributed by atoms with E-state index in [1.807, 2.05) is 51.4 Å². The van der Waals surface area contributed by atoms with Crippen molar-refractivity contribution in [3.63, 3.8) is 0 Å². The number of rotatable bonds is 4. The molecule has 0 saturated carbocycles. The maximum absolute atomic E-state index is 12.9. The zero-order chi connectivity index (χ0) is 22.1. The minimum atomic E-state index is -0.505. The van der Waals surface area contributed by atoms with Crippen molar-refractivity contribution in [1.29, 1.82) is 0 Å². The molecule has 0 aromatic carbocycles. The average molecular weight is 417 g/mol. The summed E-state index contributed by atoms with van der Waals surface area (Å²) < 4.78 is 9.03. The van der Waals surface area contributed by atoms with Crippen LogP contribution in [-0.4, -0.2) is 54.9 Å². The number of ether oxygens (including phenoxy) is 1. The number of amides is 2. The van der Waals surface area contributed by atoms with Crippen molar-refractivity contribution in [3.05, 3.63) is 29.8 Å². The maximum Gasteiger partial charge on any atom is 0.410 e. The van der Waals surface area contributed by atoms with Gasteiger partial charge in [-0.1, -0.05) is 13.8 Å². The lowest BCUT2D eigenvalue weighted by Crippen LogP contribution is -2.42. The standard InChI is InChI=1S/C21H32N6O3/c1-14(2)17-22-19(25(6)24-17)23-18(28)16-8-7-11-27(16)15-9-12-26(13-10-15)20(29)30-21(3,4)5/h7-8,11,14-15H,9-10,12-13H2,1-6H3,(H,22,23,24,28). The van der Waals surface area contributed by atoms with E-state index < -0.39 is 5.60 Å². The van der Waals surface area contributed by atoms with Crippen molar-refractivity contribution < 1.29 is 14.3 Å². The quantitative estimate of drug-likeness (QED) is 0.822. The van der Waals surface area contributed by atoms with Crippen LogP contribution in [0.25, 0.3) is 0 Å². The van der Waals surface area contributed by atoms with Crippen LogP contribution in [0.4, 0.5) is 10.7 Å². The van der Waals surface area contributed by atoms with Crippen LogP contribution in [0.15, 0.2) is 18.3 Å². The molecule has 1 N–H and O–H groups in total. The summed E-state index contributed by atoms with van der Waals surface area (Å²) in [7, 11) is 1.76. The second kappa shape index (κ2) is 8.49. The number of aryl methyl sites for hydroxylation is 1. The number of hydrogen-bond donors (Lipinski definition) is 1. The molecule has 1 aliphatic rings. The Kier molecular flexibility index (Phi) is 6.19. The highest BCUT2D eigenvalue weighted by atomic mass is 16.6. The molecule has 0 atom stereocenters. The summed E-state index contributed by atoms with van der Waals surface area (Å²) in [6.45, 7) is 10.8. The Balaban J connectivity index is 1.65. The largest absolute Gasteiger partial charge is 0.444 e. The molecule has 0 spiro atoms. The van der Waals surface area contributed by atoms with E-state index in [-0.39, 0.29) is 24.0 Å². The number of hydrogen-bond acceptors (Lipinski definition) is 5. The van der Waals surface area contributed by atoms with E-state index in [1.165, 1.54) is 0 Å². The van der Waals surface area contributed by atoms with Crippen molar-refractivity contribution in [2.75, 3.05) is 18.4 Å². The summed E-state index contributed by atoms with van der Waals surface area (Å²) in [6.07, 6.45) is 3.15. The number of piperidine rings is 1. The normalized spacial score (nSPS) is 15.5. The molecule has 30 heavy (non-hydrogen) atoms. The van der Waals surface area contributed by atoms with Gasteiger partial charge in [0.1, 0.15) is 11.3 Å². The third kappa shape index (κ3) is 5.01. The van der Waals surface area contributed by atoms with E-state index in [0.29, 0.717) is 30.6 Å². The third-order valence-electron chi connectivity index (χ3n) is 5.04. The van der Waals surface area contributed by atoms with Gasteiger partial charge in [0.25, 0.3) is 5.91 Å². The minimum absolute atomic E-state index is 0.144. The lowest BCUT2D eigenvalue weighted by atomic mass is 10.0. The van der Waals surface area contributed by atoms with Gasteiger partial charge in [-0.25, -0.2) is 9.48 Å². The molecule has 2 aromatic rings. The van der Waals surface area contributed by atoms with Crippen LogP contribution in [0.1, 0.15) is 75.7 Å². The Morgan fingerprint density at radius 2 is 1.90 bits per heavy atom. The molecule has 0 radical (unpaired) electrons. The van der Waals surface area contributed by atoms with Crippen molar-refractivity contribution >= 4 is 17.9 Å². The highest BCUT2D eigenvalue weighted by Gasteiger charge is 2.29. The van der Waals surface area contributed by atoms with Gasteiger partial charge in [0.05, 0.1) is 0 Å². The van der Waals surface area contributed by atoms with Gasteiger partial charge in [0.15, 0.2) is 5.82 Å². The summed E-state index contributed by atoms with van der Waals surface area (Å²) in [5.74, 6) is 1.08. The summed E-state index contributed by atoms with van der Waals surface area (Å²) >= 11 is 0. The molecule has 3 rings (SSSR count). The number of likely N-dealkylation sites (tertiary alicyclic amines) is 1. The first-order valence-corrected chi connectivity index (χ1v) is 10.4. The highest BCUT2D eigenvalue weighted by molar-refractivity contribution is 6.02. The predicted octanol–water partition coefficient (Wildman–Crippen LogP) is 3.56. The molecule has 2 amide bonds. The third-order valence-corrected chi connectivity index (χ3v) is 5.04. The molecular weight excluding hydrogens is 384 g/mol. The van der Waals surface area contributed by atoms with Crippen molar-refractivity contribution in [2.24, 2.45) is 7.05 Å². The molecule has 1 saturated heterocycles. The fourth-order valence-electron chi connectivity index (χ4n) is 3.48. The fourth-order valence-corrected chi connectivity index (χ4v) is 3.48. The number of nitrogens with zero attached hydrogens (tertiary/aromatic N) is 5. The Morgan fingerprint density at radius 3 is 2.47 bits per heavy atom. The molecule has 2 aromatic heterocycles. The summed E-state index contributed by atoms with van der Waals surface area (Å²) in [5, 5.41) is 7.21. The van der Waals surface area contributed by atoms with E-state index in [4.69, 9.17) is 4.74 Å². The van der Waals surface area contributed by atoms with Crippen LogP contribution in [-0.2, 0) is 11.8 Å². The van der Waals surface area contributed by atoms with Gasteiger partial charge in [0.2, 0.25) is 5.95 Å². The molecule has 9 nitrogen and oxygen atoms in total. The predicted molar refractivity (Wildman–Crippen MR) is 114 cm³/mol. The van der Waals surface area contributed by atoms with Crippen LogP contribution in [0.2, 0.25) is 0 Å². The maximum atomic E-state index is 12.9. The molecule has 3 heterocycles. The SMILES string of the molecule is CC(C)c1nc(NC(=O)c2cccn2C2CCN(C(=O)OC(C)(C)C)CC2)n(C)n1. The van der Waals surface area contributed by atoms with E-state index in [2.05, 4.69) is 15.4 Å². The van der Waals surface area contributed by atoms with Crippen LogP contribution < -0.4 is 5.32 Å². The molecule has 0 unspecified atom stereocenters. The monoisotopic (exact) mass is 416 g/mol. The van der Waals surface area contributed by atoms with Gasteiger partial charge >= 0.3 is 6.09 Å². The van der Waals surface area contributed by atoms with Gasteiger partial charge < -0.3 is 14.2 Å². The van der Waals surface area contributed by atoms with Gasteiger partial charge in [-0.2, -0.15) is 10.1 Å².